The second-order valence-corrected chi connectivity index (χ2v) is 12.1. The van der Waals surface area contributed by atoms with Crippen LogP contribution in [0.5, 0.6) is 0 Å². The molecule has 0 fully saturated rings. The zero-order valence-corrected chi connectivity index (χ0v) is 16.8. The molecular formula is C19H42OSi. The Hall–Kier alpha value is 0.177. The van der Waals surface area contributed by atoms with Crippen LogP contribution in [0.4, 0.5) is 0 Å². The van der Waals surface area contributed by atoms with Gasteiger partial charge in [-0.2, -0.15) is 0 Å². The number of unbranched alkanes of at least 4 members (excludes halogenated alkanes) is 7. The van der Waals surface area contributed by atoms with Gasteiger partial charge < -0.3 is 4.43 Å². The van der Waals surface area contributed by atoms with Crippen molar-refractivity contribution in [1.82, 2.24) is 0 Å². The molecule has 0 radical (unpaired) electrons. The number of rotatable bonds is 14. The second-order valence-electron chi connectivity index (χ2n) is 7.55. The molecule has 0 saturated heterocycles. The van der Waals surface area contributed by atoms with E-state index in [4.69, 9.17) is 4.43 Å². The fraction of sp³-hybridized carbons (Fsp3) is 1.00. The zero-order valence-electron chi connectivity index (χ0n) is 15.8. The summed E-state index contributed by atoms with van der Waals surface area (Å²) in [7, 11) is -1.49. The molecule has 0 aromatic rings. The molecule has 0 rings (SSSR count). The molecular weight excluding hydrogens is 272 g/mol. The Bertz CT molecular complexity index is 226. The van der Waals surface area contributed by atoms with E-state index < -0.39 is 8.32 Å². The third-order valence-corrected chi connectivity index (χ3v) is 8.59. The molecule has 1 nitrogen and oxygen atoms in total. The van der Waals surface area contributed by atoms with E-state index in [1.807, 2.05) is 0 Å². The van der Waals surface area contributed by atoms with Gasteiger partial charge in [0.2, 0.25) is 0 Å². The van der Waals surface area contributed by atoms with E-state index in [1.165, 1.54) is 70.6 Å². The molecule has 2 heteroatoms. The van der Waals surface area contributed by atoms with Gasteiger partial charge in [-0.25, -0.2) is 0 Å². The molecule has 0 aromatic heterocycles. The summed E-state index contributed by atoms with van der Waals surface area (Å²) in [4.78, 5) is 0. The van der Waals surface area contributed by atoms with E-state index in [-0.39, 0.29) is 0 Å². The Labute approximate surface area is 136 Å². The van der Waals surface area contributed by atoms with E-state index in [9.17, 15) is 0 Å². The monoisotopic (exact) mass is 314 g/mol. The Balaban J connectivity index is 4.14. The van der Waals surface area contributed by atoms with Crippen molar-refractivity contribution in [2.45, 2.75) is 123 Å². The Kier molecular flexibility index (Phi) is 12.8. The van der Waals surface area contributed by atoms with Crippen LogP contribution in [0.1, 0.15) is 98.3 Å². The van der Waals surface area contributed by atoms with Crippen LogP contribution in [0.25, 0.3) is 0 Å². The van der Waals surface area contributed by atoms with Gasteiger partial charge in [-0.15, -0.1) is 0 Å². The molecule has 128 valence electrons. The van der Waals surface area contributed by atoms with Crippen molar-refractivity contribution in [2.24, 2.45) is 0 Å². The van der Waals surface area contributed by atoms with Gasteiger partial charge in [0.25, 0.3) is 0 Å². The van der Waals surface area contributed by atoms with Crippen LogP contribution in [0.3, 0.4) is 0 Å². The highest BCUT2D eigenvalue weighted by molar-refractivity contribution is 6.72. The SMILES string of the molecule is CCCCCCCC(CCCCCC)O[Si](C)(C)C(C)C. The van der Waals surface area contributed by atoms with E-state index in [1.54, 1.807) is 0 Å². The topological polar surface area (TPSA) is 9.23 Å². The lowest BCUT2D eigenvalue weighted by Crippen LogP contribution is -2.38. The van der Waals surface area contributed by atoms with Crippen molar-refractivity contribution in [3.8, 4) is 0 Å². The summed E-state index contributed by atoms with van der Waals surface area (Å²) in [5.74, 6) is 0. The van der Waals surface area contributed by atoms with E-state index in [0.717, 1.165) is 5.54 Å². The molecule has 0 N–H and O–H groups in total. The first-order chi connectivity index (χ1) is 9.94. The smallest absolute Gasteiger partial charge is 0.189 e. The molecule has 0 spiro atoms. The third kappa shape index (κ3) is 11.4. The van der Waals surface area contributed by atoms with Gasteiger partial charge >= 0.3 is 0 Å². The third-order valence-electron chi connectivity index (χ3n) is 4.87. The summed E-state index contributed by atoms with van der Waals surface area (Å²) in [5.41, 5.74) is 0.718. The molecule has 0 saturated carbocycles. The number of hydrogen-bond donors (Lipinski definition) is 0. The van der Waals surface area contributed by atoms with Crippen LogP contribution in [0.2, 0.25) is 18.6 Å². The molecule has 1 unspecified atom stereocenters. The fourth-order valence-corrected chi connectivity index (χ4v) is 3.97. The summed E-state index contributed by atoms with van der Waals surface area (Å²) < 4.78 is 6.63. The van der Waals surface area contributed by atoms with Crippen LogP contribution in [0.15, 0.2) is 0 Å². The molecule has 0 aromatic carbocycles. The van der Waals surface area contributed by atoms with E-state index in [0.29, 0.717) is 6.10 Å². The van der Waals surface area contributed by atoms with Crippen molar-refractivity contribution < 1.29 is 4.43 Å². The summed E-state index contributed by atoms with van der Waals surface area (Å²) in [6.45, 7) is 14.0. The lowest BCUT2D eigenvalue weighted by Gasteiger charge is -2.32. The van der Waals surface area contributed by atoms with Crippen molar-refractivity contribution in [3.63, 3.8) is 0 Å². The molecule has 0 bridgehead atoms. The lowest BCUT2D eigenvalue weighted by atomic mass is 10.0. The van der Waals surface area contributed by atoms with Gasteiger partial charge in [0.1, 0.15) is 0 Å². The van der Waals surface area contributed by atoms with Gasteiger partial charge in [-0.05, 0) is 31.5 Å². The average molecular weight is 315 g/mol. The molecule has 0 heterocycles. The molecule has 0 aliphatic heterocycles. The van der Waals surface area contributed by atoms with Crippen molar-refractivity contribution in [3.05, 3.63) is 0 Å². The summed E-state index contributed by atoms with van der Waals surface area (Å²) in [5, 5.41) is 0. The van der Waals surface area contributed by atoms with Crippen molar-refractivity contribution >= 4 is 8.32 Å². The molecule has 0 aliphatic carbocycles. The molecule has 1 atom stereocenters. The zero-order chi connectivity index (χ0) is 16.1. The normalized spacial score (nSPS) is 13.9. The fourth-order valence-electron chi connectivity index (χ4n) is 2.60. The van der Waals surface area contributed by atoms with E-state index in [2.05, 4.69) is 40.8 Å². The van der Waals surface area contributed by atoms with E-state index >= 15 is 0 Å². The van der Waals surface area contributed by atoms with Gasteiger partial charge in [0.05, 0.1) is 0 Å². The maximum Gasteiger partial charge on any atom is 0.189 e. The Morgan fingerprint density at radius 2 is 1.14 bits per heavy atom. The summed E-state index contributed by atoms with van der Waals surface area (Å²) in [6, 6.07) is 0. The minimum atomic E-state index is -1.49. The van der Waals surface area contributed by atoms with Crippen LogP contribution in [0, 0.1) is 0 Å². The average Bonchev–Trinajstić information content (AvgIpc) is 2.42. The predicted octanol–water partition coefficient (Wildman–Crippen LogP) is 7.32. The first-order valence-electron chi connectivity index (χ1n) is 9.61. The molecule has 0 amide bonds. The largest absolute Gasteiger partial charge is 0.414 e. The summed E-state index contributed by atoms with van der Waals surface area (Å²) in [6.07, 6.45) is 15.5. The Morgan fingerprint density at radius 1 is 0.714 bits per heavy atom. The second kappa shape index (κ2) is 12.7. The predicted molar refractivity (Wildman–Crippen MR) is 99.6 cm³/mol. The van der Waals surface area contributed by atoms with Gasteiger partial charge in [-0.3, -0.25) is 0 Å². The minimum absolute atomic E-state index is 0.535. The first kappa shape index (κ1) is 21.2. The van der Waals surface area contributed by atoms with Gasteiger partial charge in [0.15, 0.2) is 8.32 Å². The first-order valence-corrected chi connectivity index (χ1v) is 12.6. The van der Waals surface area contributed by atoms with Crippen molar-refractivity contribution in [2.75, 3.05) is 0 Å². The highest BCUT2D eigenvalue weighted by Crippen LogP contribution is 2.27. The lowest BCUT2D eigenvalue weighted by molar-refractivity contribution is 0.160. The maximum atomic E-state index is 6.63. The quantitative estimate of drug-likeness (QED) is 0.241. The van der Waals surface area contributed by atoms with Gasteiger partial charge in [0, 0.05) is 6.10 Å². The number of hydrogen-bond acceptors (Lipinski definition) is 1. The molecule has 0 aliphatic rings. The molecule has 21 heavy (non-hydrogen) atoms. The van der Waals surface area contributed by atoms with Crippen LogP contribution in [-0.2, 0) is 4.43 Å². The maximum absolute atomic E-state index is 6.63. The van der Waals surface area contributed by atoms with Crippen LogP contribution < -0.4 is 0 Å². The Morgan fingerprint density at radius 3 is 1.57 bits per heavy atom. The minimum Gasteiger partial charge on any atom is -0.414 e. The highest BCUT2D eigenvalue weighted by Gasteiger charge is 2.29. The standard InChI is InChI=1S/C19H42OSi/c1-7-9-11-13-15-17-19(16-14-12-10-8-2)20-21(5,6)18(3)4/h18-19H,7-17H2,1-6H3. The highest BCUT2D eigenvalue weighted by atomic mass is 28.4. The summed E-state index contributed by atoms with van der Waals surface area (Å²) >= 11 is 0. The van der Waals surface area contributed by atoms with Crippen LogP contribution in [-0.4, -0.2) is 14.4 Å². The van der Waals surface area contributed by atoms with Gasteiger partial charge in [-0.1, -0.05) is 85.5 Å². The van der Waals surface area contributed by atoms with Crippen molar-refractivity contribution in [1.29, 1.82) is 0 Å². The van der Waals surface area contributed by atoms with Crippen LogP contribution >= 0.6 is 0 Å².